The van der Waals surface area contributed by atoms with Gasteiger partial charge in [-0.15, -0.1) is 0 Å². The summed E-state index contributed by atoms with van der Waals surface area (Å²) in [5, 5.41) is 4.17. The van der Waals surface area contributed by atoms with Crippen LogP contribution in [-0.4, -0.2) is 27.3 Å². The van der Waals surface area contributed by atoms with Gasteiger partial charge in [-0.3, -0.25) is 15.0 Å². The lowest BCUT2D eigenvalue weighted by Gasteiger charge is -2.05. The first kappa shape index (κ1) is 18.7. The van der Waals surface area contributed by atoms with Gasteiger partial charge in [-0.2, -0.15) is 0 Å². The van der Waals surface area contributed by atoms with Crippen LogP contribution in [0.1, 0.15) is 36.1 Å². The molecule has 0 aromatic carbocycles. The van der Waals surface area contributed by atoms with Crippen molar-refractivity contribution in [1.82, 2.24) is 15.0 Å². The van der Waals surface area contributed by atoms with E-state index in [1.54, 1.807) is 0 Å². The predicted molar refractivity (Wildman–Crippen MR) is 108 cm³/mol. The molecule has 0 radical (unpaired) electrons. The Morgan fingerprint density at radius 2 is 1.52 bits per heavy atom. The van der Waals surface area contributed by atoms with Crippen molar-refractivity contribution in [3.8, 4) is 11.4 Å². The molecule has 27 heavy (non-hydrogen) atoms. The highest BCUT2D eigenvalue weighted by Gasteiger charge is 2.04. The summed E-state index contributed by atoms with van der Waals surface area (Å²) in [6.45, 7) is 6.39. The van der Waals surface area contributed by atoms with Crippen molar-refractivity contribution in [2.45, 2.75) is 33.6 Å². The zero-order valence-electron chi connectivity index (χ0n) is 16.0. The van der Waals surface area contributed by atoms with Crippen LogP contribution in [0, 0.1) is 13.8 Å². The van der Waals surface area contributed by atoms with Gasteiger partial charge in [-0.05, 0) is 70.0 Å². The maximum atomic E-state index is 5.45. The first-order valence-corrected chi connectivity index (χ1v) is 9.12. The number of hydrogen-bond acceptors (Lipinski definition) is 5. The standard InChI is InChI=1S/C22H24N4O/c1-16-8-4-12-20(23-16)18(3)26-27-15-7-11-19-10-6-14-22(25-19)21-13-5-9-17(2)24-21/h4-6,8-10,12-14H,7,11,15H2,1-3H3. The molecule has 0 saturated heterocycles. The molecule has 0 N–H and O–H groups in total. The highest BCUT2D eigenvalue weighted by Crippen LogP contribution is 2.15. The Morgan fingerprint density at radius 1 is 0.852 bits per heavy atom. The van der Waals surface area contributed by atoms with Gasteiger partial charge in [0.25, 0.3) is 0 Å². The molecule has 3 aromatic rings. The van der Waals surface area contributed by atoms with E-state index in [1.165, 1.54) is 0 Å². The van der Waals surface area contributed by atoms with Gasteiger partial charge in [0.05, 0.1) is 17.1 Å². The highest BCUT2D eigenvalue weighted by molar-refractivity contribution is 5.96. The van der Waals surface area contributed by atoms with E-state index in [2.05, 4.69) is 15.1 Å². The molecule has 5 nitrogen and oxygen atoms in total. The zero-order chi connectivity index (χ0) is 19.1. The molecule has 5 heteroatoms. The van der Waals surface area contributed by atoms with Crippen LogP contribution < -0.4 is 0 Å². The monoisotopic (exact) mass is 360 g/mol. The number of hydrogen-bond donors (Lipinski definition) is 0. The summed E-state index contributed by atoms with van der Waals surface area (Å²) in [5.74, 6) is 0. The van der Waals surface area contributed by atoms with Crippen LogP contribution in [0.2, 0.25) is 0 Å². The van der Waals surface area contributed by atoms with Crippen molar-refractivity contribution in [3.63, 3.8) is 0 Å². The second-order valence-electron chi connectivity index (χ2n) is 6.46. The molecule has 0 saturated carbocycles. The number of nitrogens with zero attached hydrogens (tertiary/aromatic N) is 4. The van der Waals surface area contributed by atoms with E-state index in [1.807, 2.05) is 75.4 Å². The van der Waals surface area contributed by atoms with Gasteiger partial charge in [0.1, 0.15) is 12.3 Å². The topological polar surface area (TPSA) is 60.3 Å². The maximum absolute atomic E-state index is 5.45. The SMILES string of the molecule is CC(=NOCCCc1cccc(-c2cccc(C)n2)n1)c1cccc(C)n1. The third-order valence-electron chi connectivity index (χ3n) is 4.09. The molecule has 0 aliphatic heterocycles. The summed E-state index contributed by atoms with van der Waals surface area (Å²) < 4.78 is 0. The molecule has 0 atom stereocenters. The normalized spacial score (nSPS) is 11.4. The average molecular weight is 360 g/mol. The van der Waals surface area contributed by atoms with Gasteiger partial charge in [0.2, 0.25) is 0 Å². The molecule has 0 aliphatic carbocycles. The second-order valence-corrected chi connectivity index (χ2v) is 6.46. The number of pyridine rings is 3. The smallest absolute Gasteiger partial charge is 0.117 e. The molecular formula is C22H24N4O. The van der Waals surface area contributed by atoms with Crippen LogP contribution >= 0.6 is 0 Å². The Labute approximate surface area is 160 Å². The van der Waals surface area contributed by atoms with Crippen LogP contribution in [0.15, 0.2) is 59.8 Å². The molecule has 0 spiro atoms. The van der Waals surface area contributed by atoms with E-state index in [9.17, 15) is 0 Å². The quantitative estimate of drug-likeness (QED) is 0.353. The van der Waals surface area contributed by atoms with Crippen molar-refractivity contribution in [2.75, 3.05) is 6.61 Å². The fourth-order valence-electron chi connectivity index (χ4n) is 2.70. The summed E-state index contributed by atoms with van der Waals surface area (Å²) in [5.41, 5.74) is 6.41. The number of aryl methyl sites for hydroxylation is 3. The predicted octanol–water partition coefficient (Wildman–Crippen LogP) is 4.53. The molecule has 0 fully saturated rings. The molecule has 0 bridgehead atoms. The van der Waals surface area contributed by atoms with Crippen LogP contribution in [0.4, 0.5) is 0 Å². The average Bonchev–Trinajstić information content (AvgIpc) is 2.68. The molecule has 138 valence electrons. The minimum Gasteiger partial charge on any atom is -0.396 e. The van der Waals surface area contributed by atoms with Crippen LogP contribution in [0.5, 0.6) is 0 Å². The van der Waals surface area contributed by atoms with Crippen molar-refractivity contribution in [3.05, 3.63) is 77.4 Å². The first-order valence-electron chi connectivity index (χ1n) is 9.12. The van der Waals surface area contributed by atoms with Crippen molar-refractivity contribution in [1.29, 1.82) is 0 Å². The lowest BCUT2D eigenvalue weighted by atomic mass is 10.2. The van der Waals surface area contributed by atoms with E-state index in [4.69, 9.17) is 9.82 Å². The molecule has 3 rings (SSSR count). The number of oxime groups is 1. The van der Waals surface area contributed by atoms with Crippen LogP contribution in [0.3, 0.4) is 0 Å². The number of rotatable bonds is 7. The zero-order valence-corrected chi connectivity index (χ0v) is 16.0. The summed E-state index contributed by atoms with van der Waals surface area (Å²) in [6.07, 6.45) is 1.67. The Hall–Kier alpha value is -3.08. The second kappa shape index (κ2) is 9.03. The molecule has 0 aliphatic rings. The minimum atomic E-state index is 0.539. The fraction of sp³-hybridized carbons (Fsp3) is 0.273. The van der Waals surface area contributed by atoms with Crippen LogP contribution in [-0.2, 0) is 11.3 Å². The van der Waals surface area contributed by atoms with Gasteiger partial charge in [-0.1, -0.05) is 23.4 Å². The fourth-order valence-corrected chi connectivity index (χ4v) is 2.70. The van der Waals surface area contributed by atoms with E-state index in [0.29, 0.717) is 6.61 Å². The van der Waals surface area contributed by atoms with Crippen molar-refractivity contribution < 1.29 is 4.84 Å². The summed E-state index contributed by atoms with van der Waals surface area (Å²) in [7, 11) is 0. The van der Waals surface area contributed by atoms with Crippen molar-refractivity contribution >= 4 is 5.71 Å². The Balaban J connectivity index is 1.52. The maximum Gasteiger partial charge on any atom is 0.117 e. The van der Waals surface area contributed by atoms with Crippen LogP contribution in [0.25, 0.3) is 11.4 Å². The summed E-state index contributed by atoms with van der Waals surface area (Å²) in [4.78, 5) is 19.1. The van der Waals surface area contributed by atoms with Gasteiger partial charge in [0.15, 0.2) is 0 Å². The van der Waals surface area contributed by atoms with E-state index in [-0.39, 0.29) is 0 Å². The molecular weight excluding hydrogens is 336 g/mol. The Kier molecular flexibility index (Phi) is 6.26. The molecule has 3 aromatic heterocycles. The number of aromatic nitrogens is 3. The summed E-state index contributed by atoms with van der Waals surface area (Å²) in [6, 6.07) is 17.9. The van der Waals surface area contributed by atoms with E-state index >= 15 is 0 Å². The molecule has 0 unspecified atom stereocenters. The third kappa shape index (κ3) is 5.45. The highest BCUT2D eigenvalue weighted by atomic mass is 16.6. The molecule has 3 heterocycles. The van der Waals surface area contributed by atoms with Gasteiger partial charge >= 0.3 is 0 Å². The van der Waals surface area contributed by atoms with E-state index in [0.717, 1.165) is 52.7 Å². The van der Waals surface area contributed by atoms with E-state index < -0.39 is 0 Å². The van der Waals surface area contributed by atoms with Crippen molar-refractivity contribution in [2.24, 2.45) is 5.16 Å². The van der Waals surface area contributed by atoms with Gasteiger partial charge < -0.3 is 4.84 Å². The first-order chi connectivity index (χ1) is 13.1. The molecule has 0 amide bonds. The lowest BCUT2D eigenvalue weighted by molar-refractivity contribution is 0.141. The third-order valence-corrected chi connectivity index (χ3v) is 4.09. The summed E-state index contributed by atoms with van der Waals surface area (Å²) >= 11 is 0. The van der Waals surface area contributed by atoms with Gasteiger partial charge in [-0.25, -0.2) is 0 Å². The minimum absolute atomic E-state index is 0.539. The lowest BCUT2D eigenvalue weighted by Crippen LogP contribution is -2.02. The van der Waals surface area contributed by atoms with Gasteiger partial charge in [0, 0.05) is 17.1 Å². The largest absolute Gasteiger partial charge is 0.396 e. The Bertz CT molecular complexity index is 937. The Morgan fingerprint density at radius 3 is 2.26 bits per heavy atom.